The summed E-state index contributed by atoms with van der Waals surface area (Å²) < 4.78 is 51.6. The fraction of sp³-hybridized carbons (Fsp3) is 0.370. The molecule has 222 valence electrons. The molecule has 0 saturated heterocycles. The Labute approximate surface area is 240 Å². The Morgan fingerprint density at radius 3 is 2.46 bits per heavy atom. The number of amidine groups is 1. The van der Waals surface area contributed by atoms with Gasteiger partial charge in [0.05, 0.1) is 17.6 Å². The maximum Gasteiger partial charge on any atom is 0.320 e. The van der Waals surface area contributed by atoms with Crippen LogP contribution in [0, 0.1) is 5.92 Å². The number of carbonyl (C=O) groups is 2. The van der Waals surface area contributed by atoms with Gasteiger partial charge in [0.2, 0.25) is 10.0 Å². The first-order valence-electron chi connectivity index (χ1n) is 13.0. The molecule has 0 amide bonds. The van der Waals surface area contributed by atoms with Crippen molar-refractivity contribution in [3.63, 3.8) is 0 Å². The number of nitrogens with one attached hydrogen (secondary N) is 3. The molecule has 0 bridgehead atoms. The molecule has 4 rings (SSSR count). The van der Waals surface area contributed by atoms with E-state index in [1.807, 2.05) is 13.8 Å². The van der Waals surface area contributed by atoms with E-state index in [-0.39, 0.29) is 52.0 Å². The second-order valence-corrected chi connectivity index (χ2v) is 14.0. The lowest BCUT2D eigenvalue weighted by molar-refractivity contribution is -0.140. The lowest BCUT2D eigenvalue weighted by Gasteiger charge is -2.42. The molecule has 2 aromatic carbocycles. The number of rotatable bonds is 10. The molecule has 2 unspecified atom stereocenters. The van der Waals surface area contributed by atoms with Crippen LogP contribution in [0.2, 0.25) is 0 Å². The average Bonchev–Trinajstić information content (AvgIpc) is 2.87. The number of hydrogen-bond donors (Lipinski definition) is 7. The van der Waals surface area contributed by atoms with Crippen LogP contribution in [-0.4, -0.2) is 57.6 Å². The van der Waals surface area contributed by atoms with E-state index in [0.717, 1.165) is 6.26 Å². The highest BCUT2D eigenvalue weighted by molar-refractivity contribution is 8.23. The first-order valence-corrected chi connectivity index (χ1v) is 16.3. The molecule has 0 fully saturated rings. The van der Waals surface area contributed by atoms with Crippen molar-refractivity contribution in [2.75, 3.05) is 16.3 Å². The number of ketones is 1. The van der Waals surface area contributed by atoms with Crippen molar-refractivity contribution >= 4 is 55.5 Å². The molecular formula is C27H34N4O8S2. The molecule has 7 N–H and O–H groups in total. The van der Waals surface area contributed by atoms with E-state index in [1.165, 1.54) is 18.2 Å². The van der Waals surface area contributed by atoms with Gasteiger partial charge >= 0.3 is 5.97 Å². The van der Waals surface area contributed by atoms with Crippen molar-refractivity contribution in [3.8, 4) is 0 Å². The molecule has 1 aliphatic heterocycles. The zero-order chi connectivity index (χ0) is 30.3. The topological polar surface area (TPSA) is 198 Å². The van der Waals surface area contributed by atoms with Crippen LogP contribution in [0.15, 0.2) is 57.3 Å². The molecule has 1 heterocycles. The van der Waals surface area contributed by atoms with Gasteiger partial charge in [0.15, 0.2) is 11.6 Å². The summed E-state index contributed by atoms with van der Waals surface area (Å²) in [5, 5.41) is 27.3. The second-order valence-electron chi connectivity index (χ2n) is 10.5. The Hall–Kier alpha value is -3.43. The van der Waals surface area contributed by atoms with Gasteiger partial charge in [-0.05, 0) is 48.9 Å². The normalized spacial score (nSPS) is 21.3. The Morgan fingerprint density at radius 2 is 1.85 bits per heavy atom. The summed E-state index contributed by atoms with van der Waals surface area (Å²) in [5.41, 5.74) is -1.00. The van der Waals surface area contributed by atoms with E-state index >= 15 is 0 Å². The Balaban J connectivity index is 1.89. The molecule has 41 heavy (non-hydrogen) atoms. The van der Waals surface area contributed by atoms with Gasteiger partial charge in [0.25, 0.3) is 0 Å². The summed E-state index contributed by atoms with van der Waals surface area (Å²) in [7, 11) is -7.62. The monoisotopic (exact) mass is 606 g/mol. The third kappa shape index (κ3) is 5.97. The summed E-state index contributed by atoms with van der Waals surface area (Å²) >= 11 is 0. The number of nitrogens with zero attached hydrogens (tertiary/aromatic N) is 1. The number of carboxylic acid groups (broad SMARTS) is 1. The van der Waals surface area contributed by atoms with Crippen molar-refractivity contribution in [2.45, 2.75) is 56.5 Å². The largest absolute Gasteiger partial charge is 0.506 e. The van der Waals surface area contributed by atoms with Gasteiger partial charge in [0, 0.05) is 5.56 Å². The Bertz CT molecular complexity index is 1570. The van der Waals surface area contributed by atoms with Crippen LogP contribution in [0.5, 0.6) is 0 Å². The average molecular weight is 607 g/mol. The highest BCUT2D eigenvalue weighted by atomic mass is 32.3. The fourth-order valence-electron chi connectivity index (χ4n) is 5.03. The van der Waals surface area contributed by atoms with E-state index in [0.29, 0.717) is 12.0 Å². The molecule has 2 atom stereocenters. The molecule has 12 nitrogen and oxygen atoms in total. The van der Waals surface area contributed by atoms with Crippen molar-refractivity contribution in [1.82, 2.24) is 5.32 Å². The second kappa shape index (κ2) is 11.1. The van der Waals surface area contributed by atoms with Gasteiger partial charge < -0.3 is 15.5 Å². The van der Waals surface area contributed by atoms with Gasteiger partial charge in [-0.2, -0.15) is 0 Å². The number of carboxylic acids is 1. The van der Waals surface area contributed by atoms with Crippen molar-refractivity contribution in [2.24, 2.45) is 10.3 Å². The van der Waals surface area contributed by atoms with E-state index in [4.69, 9.17) is 0 Å². The number of aliphatic hydroxyl groups excluding tert-OH is 1. The number of hydrogen-bond acceptors (Lipinski definition) is 10. The van der Waals surface area contributed by atoms with E-state index in [1.54, 1.807) is 31.2 Å². The van der Waals surface area contributed by atoms with Gasteiger partial charge in [-0.15, -0.1) is 4.40 Å². The van der Waals surface area contributed by atoms with Gasteiger partial charge in [0.1, 0.15) is 27.8 Å². The number of aliphatic carboxylic acids is 1. The van der Waals surface area contributed by atoms with Crippen LogP contribution >= 0.6 is 10.8 Å². The van der Waals surface area contributed by atoms with Gasteiger partial charge in [-0.3, -0.25) is 28.7 Å². The standard InChI is InChI=1S/C27H34N4O8S2/c1-5-19(26(34)35)29-27(13-12-15(2)3)18-9-7-6-8-17(18)23(32)22(24(27)33)25-28-20-11-10-16(30-40(4,36)37)14-21(20)41(38,39)31-25/h6-11,14-15,19,29-30,32,38-39H,5,12-13H2,1-4H3,(H,28,31)(H,34,35). The van der Waals surface area contributed by atoms with E-state index in [2.05, 4.69) is 19.8 Å². The third-order valence-corrected chi connectivity index (χ3v) is 8.98. The number of anilines is 2. The first kappa shape index (κ1) is 30.5. The zero-order valence-electron chi connectivity index (χ0n) is 23.0. The van der Waals surface area contributed by atoms with Crippen molar-refractivity contribution in [3.05, 3.63) is 59.2 Å². The fourth-order valence-corrected chi connectivity index (χ4v) is 6.77. The van der Waals surface area contributed by atoms with Gasteiger partial charge in [-0.25, -0.2) is 8.42 Å². The number of Topliss-reactive ketones (excluding diaryl/α,β-unsaturated/α-hetero) is 1. The van der Waals surface area contributed by atoms with Crippen LogP contribution in [0.1, 0.15) is 51.2 Å². The lowest BCUT2D eigenvalue weighted by atomic mass is 9.70. The number of sulfonamides is 1. The molecule has 0 spiro atoms. The number of benzene rings is 2. The van der Waals surface area contributed by atoms with Crippen LogP contribution < -0.4 is 15.4 Å². The summed E-state index contributed by atoms with van der Waals surface area (Å²) in [6, 6.07) is 9.54. The maximum absolute atomic E-state index is 14.5. The van der Waals surface area contributed by atoms with Crippen LogP contribution in [0.4, 0.5) is 11.4 Å². The number of carbonyl (C=O) groups excluding carboxylic acids is 1. The summed E-state index contributed by atoms with van der Waals surface area (Å²) in [4.78, 5) is 26.5. The molecule has 1 aliphatic carbocycles. The highest BCUT2D eigenvalue weighted by Crippen LogP contribution is 2.57. The number of fused-ring (bicyclic) bond motifs is 2. The summed E-state index contributed by atoms with van der Waals surface area (Å²) in [5.74, 6) is -2.42. The summed E-state index contributed by atoms with van der Waals surface area (Å²) in [6.45, 7) is 5.63. The van der Waals surface area contributed by atoms with Crippen molar-refractivity contribution in [1.29, 1.82) is 0 Å². The minimum absolute atomic E-state index is 0.0765. The molecule has 0 radical (unpaired) electrons. The molecule has 0 saturated carbocycles. The Kier molecular flexibility index (Phi) is 8.26. The lowest BCUT2D eigenvalue weighted by Crippen LogP contribution is -2.58. The van der Waals surface area contributed by atoms with Crippen LogP contribution in [-0.2, 0) is 25.2 Å². The highest BCUT2D eigenvalue weighted by Gasteiger charge is 2.51. The first-order chi connectivity index (χ1) is 19.1. The van der Waals surface area contributed by atoms with E-state index in [9.17, 15) is 37.3 Å². The molecule has 2 aromatic rings. The van der Waals surface area contributed by atoms with E-state index < -0.39 is 49.9 Å². The molecule has 2 aliphatic rings. The van der Waals surface area contributed by atoms with Gasteiger partial charge in [-0.1, -0.05) is 55.8 Å². The molecule has 14 heteroatoms. The van der Waals surface area contributed by atoms with Crippen molar-refractivity contribution < 1.29 is 37.3 Å². The quantitative estimate of drug-likeness (QED) is 0.201. The van der Waals surface area contributed by atoms with Crippen LogP contribution in [0.3, 0.4) is 0 Å². The van der Waals surface area contributed by atoms with Crippen LogP contribution in [0.25, 0.3) is 5.76 Å². The molecule has 0 aromatic heterocycles. The predicted octanol–water partition coefficient (Wildman–Crippen LogP) is 4.54. The summed E-state index contributed by atoms with van der Waals surface area (Å²) in [6.07, 6.45) is 1.86. The molecular weight excluding hydrogens is 572 g/mol. The zero-order valence-corrected chi connectivity index (χ0v) is 24.6. The minimum atomic E-state index is -3.97. The Morgan fingerprint density at radius 1 is 1.17 bits per heavy atom. The maximum atomic E-state index is 14.5. The smallest absolute Gasteiger partial charge is 0.320 e. The third-order valence-electron chi connectivity index (χ3n) is 7.01. The number of aliphatic hydroxyl groups is 1. The minimum Gasteiger partial charge on any atom is -0.506 e. The predicted molar refractivity (Wildman–Crippen MR) is 159 cm³/mol. The SMILES string of the molecule is CCC(NC1(CCC(C)C)C(=O)C(C2=NS(O)(O)c3cc(NS(C)(=O)=O)ccc3N2)=C(O)c2ccccc21)C(=O)O.